The highest BCUT2D eigenvalue weighted by atomic mass is 79.9. The summed E-state index contributed by atoms with van der Waals surface area (Å²) in [5, 5.41) is 0. The normalized spacial score (nSPS) is 15.7. The molecule has 3 nitrogen and oxygen atoms in total. The minimum absolute atomic E-state index is 0.00405. The van der Waals surface area contributed by atoms with Crippen molar-refractivity contribution >= 4 is 21.8 Å². The van der Waals surface area contributed by atoms with Crippen LogP contribution in [0.5, 0.6) is 0 Å². The van der Waals surface area contributed by atoms with Gasteiger partial charge in [-0.1, -0.05) is 12.8 Å². The molecule has 21 heavy (non-hydrogen) atoms. The predicted octanol–water partition coefficient (Wildman–Crippen LogP) is 3.53. The Morgan fingerprint density at radius 2 is 1.95 bits per heavy atom. The highest BCUT2D eigenvalue weighted by Gasteiger charge is 2.28. The van der Waals surface area contributed by atoms with Gasteiger partial charge in [0.15, 0.2) is 0 Å². The van der Waals surface area contributed by atoms with Gasteiger partial charge in [0.1, 0.15) is 5.82 Å². The topological polar surface area (TPSA) is 23.6 Å². The number of likely N-dealkylation sites (N-methyl/N-ethyl adjacent to an activating group) is 1. The van der Waals surface area contributed by atoms with Crippen LogP contribution in [0.4, 0.5) is 4.39 Å². The summed E-state index contributed by atoms with van der Waals surface area (Å²) in [6, 6.07) is 4.58. The molecule has 0 aromatic heterocycles. The van der Waals surface area contributed by atoms with Crippen LogP contribution in [-0.2, 0) is 0 Å². The van der Waals surface area contributed by atoms with Gasteiger partial charge in [0.2, 0.25) is 0 Å². The summed E-state index contributed by atoms with van der Waals surface area (Å²) in [6.07, 6.45) is 4.50. The van der Waals surface area contributed by atoms with E-state index in [0.717, 1.165) is 19.4 Å². The summed E-state index contributed by atoms with van der Waals surface area (Å²) in [5.41, 5.74) is 0.544. The van der Waals surface area contributed by atoms with Gasteiger partial charge in [-0.15, -0.1) is 0 Å². The molecule has 1 saturated carbocycles. The predicted molar refractivity (Wildman–Crippen MR) is 85.9 cm³/mol. The van der Waals surface area contributed by atoms with Crippen molar-refractivity contribution in [2.24, 2.45) is 0 Å². The molecule has 1 aromatic rings. The first kappa shape index (κ1) is 16.4. The maximum atomic E-state index is 13.2. The van der Waals surface area contributed by atoms with Crippen molar-refractivity contribution in [2.45, 2.75) is 31.7 Å². The lowest BCUT2D eigenvalue weighted by atomic mass is 10.1. The summed E-state index contributed by atoms with van der Waals surface area (Å²) in [4.78, 5) is 16.9. The quantitative estimate of drug-likeness (QED) is 0.805. The van der Waals surface area contributed by atoms with Gasteiger partial charge in [-0.2, -0.15) is 0 Å². The third kappa shape index (κ3) is 4.27. The van der Waals surface area contributed by atoms with Gasteiger partial charge in [-0.25, -0.2) is 4.39 Å². The van der Waals surface area contributed by atoms with Crippen molar-refractivity contribution in [1.29, 1.82) is 0 Å². The molecule has 5 heteroatoms. The Labute approximate surface area is 134 Å². The second kappa shape index (κ2) is 7.36. The number of carbonyl (C=O) groups is 1. The molecule has 0 aliphatic heterocycles. The van der Waals surface area contributed by atoms with E-state index < -0.39 is 0 Å². The van der Waals surface area contributed by atoms with E-state index in [1.54, 1.807) is 6.07 Å². The fourth-order valence-corrected chi connectivity index (χ4v) is 3.31. The lowest BCUT2D eigenvalue weighted by Crippen LogP contribution is -2.42. The van der Waals surface area contributed by atoms with E-state index in [0.29, 0.717) is 22.6 Å². The lowest BCUT2D eigenvalue weighted by Gasteiger charge is -2.30. The zero-order valence-corrected chi connectivity index (χ0v) is 14.2. The number of halogens is 2. The molecule has 0 radical (unpaired) electrons. The molecule has 1 fully saturated rings. The molecule has 0 saturated heterocycles. The van der Waals surface area contributed by atoms with E-state index in [-0.39, 0.29) is 11.7 Å². The monoisotopic (exact) mass is 356 g/mol. The Bertz CT molecular complexity index is 501. The first-order chi connectivity index (χ1) is 9.99. The number of rotatable bonds is 5. The molecule has 0 N–H and O–H groups in total. The highest BCUT2D eigenvalue weighted by Crippen LogP contribution is 2.27. The third-order valence-corrected chi connectivity index (χ3v) is 4.63. The first-order valence-electron chi connectivity index (χ1n) is 7.40. The van der Waals surface area contributed by atoms with Gasteiger partial charge in [-0.3, -0.25) is 4.79 Å². The Kier molecular flexibility index (Phi) is 5.76. The Morgan fingerprint density at radius 3 is 2.52 bits per heavy atom. The molecular formula is C16H22BrFN2O. The van der Waals surface area contributed by atoms with Crippen molar-refractivity contribution in [2.75, 3.05) is 27.2 Å². The summed E-state index contributed by atoms with van der Waals surface area (Å²) in [6.45, 7) is 1.54. The zero-order valence-electron chi connectivity index (χ0n) is 12.6. The van der Waals surface area contributed by atoms with Gasteiger partial charge in [0.25, 0.3) is 5.91 Å². The van der Waals surface area contributed by atoms with Crippen LogP contribution in [0, 0.1) is 5.82 Å². The number of amides is 1. The molecule has 0 bridgehead atoms. The van der Waals surface area contributed by atoms with Crippen molar-refractivity contribution in [1.82, 2.24) is 9.80 Å². The molecule has 1 aliphatic carbocycles. The van der Waals surface area contributed by atoms with Crippen LogP contribution in [0.3, 0.4) is 0 Å². The van der Waals surface area contributed by atoms with Crippen LogP contribution < -0.4 is 0 Å². The molecule has 1 amide bonds. The molecule has 116 valence electrons. The summed E-state index contributed by atoms with van der Waals surface area (Å²) in [7, 11) is 4.01. The van der Waals surface area contributed by atoms with Crippen molar-refractivity contribution < 1.29 is 9.18 Å². The fourth-order valence-electron chi connectivity index (χ4n) is 2.79. The minimum Gasteiger partial charge on any atom is -0.334 e. The van der Waals surface area contributed by atoms with Gasteiger partial charge in [0.05, 0.1) is 5.56 Å². The number of hydrogen-bond acceptors (Lipinski definition) is 2. The second-order valence-electron chi connectivity index (χ2n) is 5.86. The Hall–Kier alpha value is -0.940. The average molecular weight is 357 g/mol. The van der Waals surface area contributed by atoms with Crippen LogP contribution in [0.25, 0.3) is 0 Å². The minimum atomic E-state index is -0.334. The van der Waals surface area contributed by atoms with Crippen LogP contribution in [0.1, 0.15) is 36.0 Å². The molecule has 1 aliphatic rings. The number of benzene rings is 1. The third-order valence-electron chi connectivity index (χ3n) is 3.98. The zero-order chi connectivity index (χ0) is 15.4. The average Bonchev–Trinajstić information content (AvgIpc) is 2.92. The molecule has 0 atom stereocenters. The van der Waals surface area contributed by atoms with Crippen LogP contribution in [-0.4, -0.2) is 48.9 Å². The summed E-state index contributed by atoms with van der Waals surface area (Å²) >= 11 is 3.31. The van der Waals surface area contributed by atoms with E-state index in [1.165, 1.54) is 25.0 Å². The largest absolute Gasteiger partial charge is 0.334 e. The van der Waals surface area contributed by atoms with Gasteiger partial charge < -0.3 is 9.80 Å². The number of nitrogens with zero attached hydrogens (tertiary/aromatic N) is 2. The molecule has 2 rings (SSSR count). The smallest absolute Gasteiger partial charge is 0.255 e. The number of hydrogen-bond donors (Lipinski definition) is 0. The van der Waals surface area contributed by atoms with Crippen LogP contribution in [0.2, 0.25) is 0 Å². The molecule has 0 heterocycles. The van der Waals surface area contributed by atoms with E-state index in [2.05, 4.69) is 20.8 Å². The molecule has 1 aromatic carbocycles. The lowest BCUT2D eigenvalue weighted by molar-refractivity contribution is 0.0666. The molecule has 0 spiro atoms. The van der Waals surface area contributed by atoms with Crippen LogP contribution in [0.15, 0.2) is 22.7 Å². The highest BCUT2D eigenvalue weighted by molar-refractivity contribution is 9.10. The maximum absolute atomic E-state index is 13.2. The number of carbonyl (C=O) groups excluding carboxylic acids is 1. The van der Waals surface area contributed by atoms with E-state index in [1.807, 2.05) is 19.0 Å². The first-order valence-corrected chi connectivity index (χ1v) is 8.19. The SMILES string of the molecule is CN(C)CCN(C(=O)c1ccc(F)cc1Br)C1CCCC1. The maximum Gasteiger partial charge on any atom is 0.255 e. The summed E-state index contributed by atoms with van der Waals surface area (Å²) in [5.74, 6) is -0.338. The van der Waals surface area contributed by atoms with Crippen molar-refractivity contribution in [3.8, 4) is 0 Å². The molecule has 0 unspecified atom stereocenters. The van der Waals surface area contributed by atoms with Gasteiger partial charge in [-0.05, 0) is 61.1 Å². The van der Waals surface area contributed by atoms with Crippen LogP contribution >= 0.6 is 15.9 Å². The Balaban J connectivity index is 2.19. The van der Waals surface area contributed by atoms with E-state index in [4.69, 9.17) is 0 Å². The standard InChI is InChI=1S/C16H22BrFN2O/c1-19(2)9-10-20(13-5-3-4-6-13)16(21)14-8-7-12(18)11-15(14)17/h7-8,11,13H,3-6,9-10H2,1-2H3. The van der Waals surface area contributed by atoms with E-state index >= 15 is 0 Å². The second-order valence-corrected chi connectivity index (χ2v) is 6.72. The fraction of sp³-hybridized carbons (Fsp3) is 0.562. The Morgan fingerprint density at radius 1 is 1.29 bits per heavy atom. The summed E-state index contributed by atoms with van der Waals surface area (Å²) < 4.78 is 13.7. The van der Waals surface area contributed by atoms with Crippen molar-refractivity contribution in [3.63, 3.8) is 0 Å². The van der Waals surface area contributed by atoms with Gasteiger partial charge in [0, 0.05) is 23.6 Å². The van der Waals surface area contributed by atoms with E-state index in [9.17, 15) is 9.18 Å². The molecular weight excluding hydrogens is 335 g/mol. The van der Waals surface area contributed by atoms with Crippen molar-refractivity contribution in [3.05, 3.63) is 34.1 Å². The van der Waals surface area contributed by atoms with Gasteiger partial charge >= 0.3 is 0 Å².